The topological polar surface area (TPSA) is 88.6 Å². The number of rotatable bonds is 7. The van der Waals surface area contributed by atoms with Crippen LogP contribution in [0.25, 0.3) is 0 Å². The summed E-state index contributed by atoms with van der Waals surface area (Å²) in [5.41, 5.74) is 0.787. The molecule has 3 rings (SSSR count). The van der Waals surface area contributed by atoms with Gasteiger partial charge in [-0.25, -0.2) is 14.8 Å². The Hall–Kier alpha value is -2.00. The predicted octanol–water partition coefficient (Wildman–Crippen LogP) is 1.34. The number of nitrogens with zero attached hydrogens (tertiary/aromatic N) is 3. The summed E-state index contributed by atoms with van der Waals surface area (Å²) in [6, 6.07) is 1.83. The largest absolute Gasteiger partial charge is 0.500 e. The fourth-order valence-electron chi connectivity index (χ4n) is 2.65. The molecule has 3 heterocycles. The van der Waals surface area contributed by atoms with E-state index in [1.807, 2.05) is 11.5 Å². The summed E-state index contributed by atoms with van der Waals surface area (Å²) in [5, 5.41) is 7.89. The molecule has 130 valence electrons. The highest BCUT2D eigenvalue weighted by molar-refractivity contribution is 8.03. The molecule has 0 radical (unpaired) electrons. The maximum atomic E-state index is 11.5. The zero-order chi connectivity index (χ0) is 17.0. The van der Waals surface area contributed by atoms with Crippen LogP contribution in [0.1, 0.15) is 12.1 Å². The Morgan fingerprint density at radius 3 is 3.04 bits per heavy atom. The summed E-state index contributed by atoms with van der Waals surface area (Å²) in [7, 11) is 3.32. The molecule has 9 heteroatoms. The van der Waals surface area contributed by atoms with Crippen LogP contribution in [0.4, 0.5) is 10.7 Å². The Morgan fingerprint density at radius 1 is 1.50 bits per heavy atom. The van der Waals surface area contributed by atoms with Crippen LogP contribution in [-0.4, -0.2) is 61.3 Å². The summed E-state index contributed by atoms with van der Waals surface area (Å²) in [5.74, 6) is 1.39. The zero-order valence-electron chi connectivity index (χ0n) is 13.7. The van der Waals surface area contributed by atoms with Gasteiger partial charge < -0.3 is 25.0 Å². The van der Waals surface area contributed by atoms with Crippen molar-refractivity contribution in [3.63, 3.8) is 0 Å². The molecule has 0 aromatic carbocycles. The number of methoxy groups -OCH3 is 2. The van der Waals surface area contributed by atoms with Gasteiger partial charge in [0.1, 0.15) is 5.76 Å². The van der Waals surface area contributed by atoms with E-state index in [-0.39, 0.29) is 6.03 Å². The number of carbonyl (C=O) groups is 1. The third-order valence-corrected chi connectivity index (χ3v) is 5.32. The number of amides is 2. The molecular formula is C15H21N5O3S. The third kappa shape index (κ3) is 3.41. The molecule has 0 bridgehead atoms. The van der Waals surface area contributed by atoms with Crippen LogP contribution in [0, 0.1) is 0 Å². The van der Waals surface area contributed by atoms with Crippen molar-refractivity contribution >= 4 is 23.7 Å². The Bertz CT molecular complexity index is 641. The summed E-state index contributed by atoms with van der Waals surface area (Å²) in [6.45, 7) is 2.63. The maximum Gasteiger partial charge on any atom is 0.317 e. The summed E-state index contributed by atoms with van der Waals surface area (Å²) < 4.78 is 11.0. The van der Waals surface area contributed by atoms with Gasteiger partial charge in [0.2, 0.25) is 5.95 Å². The zero-order valence-corrected chi connectivity index (χ0v) is 14.6. The van der Waals surface area contributed by atoms with Gasteiger partial charge >= 0.3 is 6.03 Å². The highest BCUT2D eigenvalue weighted by Crippen LogP contribution is 2.48. The van der Waals surface area contributed by atoms with Crippen LogP contribution in [0.5, 0.6) is 0 Å². The molecule has 0 spiro atoms. The number of nitrogens with one attached hydrogen (secondary N) is 2. The second-order valence-corrected chi connectivity index (χ2v) is 6.58. The van der Waals surface area contributed by atoms with Crippen LogP contribution in [0.15, 0.2) is 23.4 Å². The number of anilines is 1. The van der Waals surface area contributed by atoms with E-state index in [4.69, 9.17) is 9.47 Å². The average molecular weight is 351 g/mol. The Kier molecular flexibility index (Phi) is 5.10. The number of carbonyl (C=O) groups excluding carboxylic acids is 1. The number of ether oxygens (including phenoxy) is 2. The minimum atomic E-state index is -0.584. The highest BCUT2D eigenvalue weighted by atomic mass is 32.2. The molecule has 2 aliphatic rings. The van der Waals surface area contributed by atoms with E-state index in [1.54, 1.807) is 37.1 Å². The molecule has 24 heavy (non-hydrogen) atoms. The van der Waals surface area contributed by atoms with Gasteiger partial charge in [-0.1, -0.05) is 11.8 Å². The normalized spacial score (nSPS) is 23.2. The average Bonchev–Trinajstić information content (AvgIpc) is 3.22. The quantitative estimate of drug-likeness (QED) is 0.766. The molecule has 1 atom stereocenters. The molecule has 8 nitrogen and oxygen atoms in total. The van der Waals surface area contributed by atoms with Crippen molar-refractivity contribution in [2.75, 3.05) is 45.7 Å². The molecule has 1 aromatic heterocycles. The Labute approximate surface area is 145 Å². The number of hydrogen-bond donors (Lipinski definition) is 2. The first-order chi connectivity index (χ1) is 11.7. The van der Waals surface area contributed by atoms with Crippen LogP contribution in [0.3, 0.4) is 0 Å². The van der Waals surface area contributed by atoms with E-state index in [2.05, 4.69) is 20.6 Å². The first kappa shape index (κ1) is 16.8. The molecule has 1 saturated heterocycles. The van der Waals surface area contributed by atoms with Crippen molar-refractivity contribution in [1.82, 2.24) is 20.2 Å². The summed E-state index contributed by atoms with van der Waals surface area (Å²) in [4.78, 5) is 21.5. The lowest BCUT2D eigenvalue weighted by atomic mass is 10.1. The first-order valence-electron chi connectivity index (χ1n) is 7.73. The van der Waals surface area contributed by atoms with Crippen molar-refractivity contribution < 1.29 is 14.3 Å². The van der Waals surface area contributed by atoms with E-state index in [1.165, 1.54) is 0 Å². The number of aromatic nitrogens is 2. The van der Waals surface area contributed by atoms with Gasteiger partial charge in [0.05, 0.1) is 19.2 Å². The molecule has 1 unspecified atom stereocenters. The van der Waals surface area contributed by atoms with E-state index >= 15 is 0 Å². The molecule has 1 fully saturated rings. The molecule has 2 N–H and O–H groups in total. The monoisotopic (exact) mass is 351 g/mol. The second kappa shape index (κ2) is 7.27. The lowest BCUT2D eigenvalue weighted by molar-refractivity contribution is 0.0575. The van der Waals surface area contributed by atoms with Crippen LogP contribution >= 0.6 is 11.8 Å². The fourth-order valence-corrected chi connectivity index (χ4v) is 3.71. The van der Waals surface area contributed by atoms with Crippen molar-refractivity contribution in [1.29, 1.82) is 0 Å². The van der Waals surface area contributed by atoms with Crippen LogP contribution in [0.2, 0.25) is 0 Å². The summed E-state index contributed by atoms with van der Waals surface area (Å²) in [6.07, 6.45) is 2.33. The standard InChI is InChI=1S/C15H21N5O3S/c1-22-11-9-15(23-2,24-10-11)12-3-4-16-13(19-12)17-5-7-20-8-6-18-14(20)21/h3-4,10H,5-9H2,1-2H3,(H,18,21)(H,16,17,19). The van der Waals surface area contributed by atoms with E-state index in [9.17, 15) is 4.79 Å². The van der Waals surface area contributed by atoms with Crippen LogP contribution in [-0.2, 0) is 14.4 Å². The van der Waals surface area contributed by atoms with Gasteiger partial charge in [-0.3, -0.25) is 0 Å². The highest BCUT2D eigenvalue weighted by Gasteiger charge is 2.40. The van der Waals surface area contributed by atoms with Gasteiger partial charge in [-0.15, -0.1) is 0 Å². The van der Waals surface area contributed by atoms with Crippen molar-refractivity contribution in [3.05, 3.63) is 29.1 Å². The van der Waals surface area contributed by atoms with Gasteiger partial charge in [0, 0.05) is 44.9 Å². The minimum Gasteiger partial charge on any atom is -0.500 e. The van der Waals surface area contributed by atoms with E-state index < -0.39 is 4.93 Å². The molecule has 2 amide bonds. The van der Waals surface area contributed by atoms with Crippen molar-refractivity contribution in [2.45, 2.75) is 11.4 Å². The molecule has 0 saturated carbocycles. The van der Waals surface area contributed by atoms with Crippen LogP contribution < -0.4 is 10.6 Å². The SMILES string of the molecule is COC1=CSC(OC)(c2ccnc(NCCN3CCNC3=O)n2)C1. The van der Waals surface area contributed by atoms with Crippen molar-refractivity contribution in [3.8, 4) is 0 Å². The van der Waals surface area contributed by atoms with E-state index in [0.717, 1.165) is 18.0 Å². The fraction of sp³-hybridized carbons (Fsp3) is 0.533. The lowest BCUT2D eigenvalue weighted by Gasteiger charge is -2.26. The smallest absolute Gasteiger partial charge is 0.317 e. The molecule has 0 aliphatic carbocycles. The van der Waals surface area contributed by atoms with E-state index in [0.29, 0.717) is 32.0 Å². The molecule has 2 aliphatic heterocycles. The predicted molar refractivity (Wildman–Crippen MR) is 91.5 cm³/mol. The lowest BCUT2D eigenvalue weighted by Crippen LogP contribution is -2.32. The molecule has 1 aromatic rings. The Morgan fingerprint density at radius 2 is 2.38 bits per heavy atom. The summed E-state index contributed by atoms with van der Waals surface area (Å²) >= 11 is 1.54. The van der Waals surface area contributed by atoms with Gasteiger partial charge in [-0.2, -0.15) is 0 Å². The number of hydrogen-bond acceptors (Lipinski definition) is 7. The van der Waals surface area contributed by atoms with Crippen molar-refractivity contribution in [2.24, 2.45) is 0 Å². The maximum absolute atomic E-state index is 11.5. The number of urea groups is 1. The Balaban J connectivity index is 1.62. The second-order valence-electron chi connectivity index (χ2n) is 5.45. The third-order valence-electron chi connectivity index (χ3n) is 4.04. The molecular weight excluding hydrogens is 330 g/mol. The van der Waals surface area contributed by atoms with Gasteiger partial charge in [-0.05, 0) is 6.07 Å². The minimum absolute atomic E-state index is 0.0228. The first-order valence-corrected chi connectivity index (χ1v) is 8.61. The van der Waals surface area contributed by atoms with Gasteiger partial charge in [0.15, 0.2) is 4.93 Å². The number of thioether (sulfide) groups is 1. The van der Waals surface area contributed by atoms with Gasteiger partial charge in [0.25, 0.3) is 0 Å².